The summed E-state index contributed by atoms with van der Waals surface area (Å²) in [5, 5.41) is 0. The Balaban J connectivity index is 0.00000529. The van der Waals surface area contributed by atoms with Crippen LogP contribution < -0.4 is 5.73 Å². The molecule has 0 aromatic heterocycles. The molecule has 0 radical (unpaired) electrons. The first kappa shape index (κ1) is 23.2. The van der Waals surface area contributed by atoms with Crippen LogP contribution in [0.15, 0.2) is 23.1 Å². The van der Waals surface area contributed by atoms with Gasteiger partial charge < -0.3 is 5.73 Å². The molecule has 0 aliphatic carbocycles. The smallest absolute Gasteiger partial charge is 0.327 e. The summed E-state index contributed by atoms with van der Waals surface area (Å²) in [5.74, 6) is 0.196. The summed E-state index contributed by atoms with van der Waals surface area (Å²) in [7, 11) is -2.65. The van der Waals surface area contributed by atoms with E-state index in [1.54, 1.807) is 0 Å². The Morgan fingerprint density at radius 1 is 1.25 bits per heavy atom. The predicted molar refractivity (Wildman–Crippen MR) is 90.7 cm³/mol. The Bertz CT molecular complexity index is 649. The lowest BCUT2D eigenvalue weighted by Gasteiger charge is -2.22. The maximum Gasteiger partial charge on any atom is 0.416 e. The van der Waals surface area contributed by atoms with Gasteiger partial charge in [-0.2, -0.15) is 13.2 Å². The van der Waals surface area contributed by atoms with E-state index in [4.69, 9.17) is 5.73 Å². The van der Waals surface area contributed by atoms with Crippen molar-refractivity contribution in [3.63, 3.8) is 0 Å². The highest BCUT2D eigenvalue weighted by Gasteiger charge is 2.33. The molecule has 0 spiro atoms. The van der Waals surface area contributed by atoms with Crippen LogP contribution in [0.3, 0.4) is 0 Å². The van der Waals surface area contributed by atoms with Crippen molar-refractivity contribution in [3.05, 3.63) is 29.3 Å². The van der Waals surface area contributed by atoms with Crippen LogP contribution in [0.4, 0.5) is 13.2 Å². The molecule has 1 aromatic rings. The van der Waals surface area contributed by atoms with Crippen LogP contribution in [0.5, 0.6) is 0 Å². The molecule has 0 bridgehead atoms. The van der Waals surface area contributed by atoms with E-state index in [0.29, 0.717) is 12.5 Å². The van der Waals surface area contributed by atoms with Gasteiger partial charge in [-0.05, 0) is 37.0 Å². The molecule has 0 saturated heterocycles. The van der Waals surface area contributed by atoms with Gasteiger partial charge in [-0.3, -0.25) is 0 Å². The van der Waals surface area contributed by atoms with E-state index in [9.17, 15) is 21.6 Å². The van der Waals surface area contributed by atoms with Gasteiger partial charge in [0.25, 0.3) is 0 Å². The third kappa shape index (κ3) is 5.61. The van der Waals surface area contributed by atoms with Gasteiger partial charge in [-0.1, -0.05) is 19.9 Å². The lowest BCUT2D eigenvalue weighted by molar-refractivity contribution is -0.137. The van der Waals surface area contributed by atoms with E-state index in [1.165, 1.54) is 20.0 Å². The van der Waals surface area contributed by atoms with Gasteiger partial charge in [-0.25, -0.2) is 12.7 Å². The fourth-order valence-corrected chi connectivity index (χ4v) is 3.44. The van der Waals surface area contributed by atoms with Crippen molar-refractivity contribution in [2.24, 2.45) is 11.7 Å². The number of hydrogen-bond acceptors (Lipinski definition) is 3. The largest absolute Gasteiger partial charge is 0.416 e. The van der Waals surface area contributed by atoms with Crippen molar-refractivity contribution >= 4 is 22.4 Å². The van der Waals surface area contributed by atoms with Gasteiger partial charge in [0.1, 0.15) is 0 Å². The fraction of sp³-hybridized carbons (Fsp3) is 0.600. The highest BCUT2D eigenvalue weighted by atomic mass is 35.5. The quantitative estimate of drug-likeness (QED) is 0.812. The Morgan fingerprint density at radius 3 is 2.25 bits per heavy atom. The van der Waals surface area contributed by atoms with Crippen LogP contribution in [0, 0.1) is 12.8 Å². The van der Waals surface area contributed by atoms with Crippen molar-refractivity contribution in [1.29, 1.82) is 0 Å². The van der Waals surface area contributed by atoms with Gasteiger partial charge in [0, 0.05) is 19.6 Å². The number of alkyl halides is 3. The van der Waals surface area contributed by atoms with Gasteiger partial charge in [0.15, 0.2) is 0 Å². The molecule has 1 rings (SSSR count). The van der Waals surface area contributed by atoms with Crippen LogP contribution in [-0.2, 0) is 16.2 Å². The number of sulfonamides is 1. The number of aryl methyl sites for hydroxylation is 1. The second-order valence-electron chi connectivity index (χ2n) is 6.00. The van der Waals surface area contributed by atoms with Gasteiger partial charge in [0.05, 0.1) is 10.5 Å². The first-order valence-corrected chi connectivity index (χ1v) is 8.71. The molecule has 24 heavy (non-hydrogen) atoms. The molecule has 0 heterocycles. The maximum atomic E-state index is 12.8. The third-order valence-electron chi connectivity index (χ3n) is 3.84. The number of halogens is 4. The molecule has 0 amide bonds. The standard InChI is InChI=1S/C15H23F3N2O2S.ClH/c1-10(2)13(19)7-8-20(4)23(21,22)14-9-12(15(16,17)18)6-5-11(14)3;/h5-6,9-10,13H,7-8,19H2,1-4H3;1H. The van der Waals surface area contributed by atoms with Gasteiger partial charge in [0.2, 0.25) is 10.0 Å². The first-order chi connectivity index (χ1) is 10.4. The molecule has 1 atom stereocenters. The van der Waals surface area contributed by atoms with E-state index < -0.39 is 21.8 Å². The Kier molecular flexibility index (Phi) is 8.22. The topological polar surface area (TPSA) is 63.4 Å². The molecule has 140 valence electrons. The summed E-state index contributed by atoms with van der Waals surface area (Å²) >= 11 is 0. The van der Waals surface area contributed by atoms with E-state index in [2.05, 4.69) is 0 Å². The lowest BCUT2D eigenvalue weighted by atomic mass is 10.0. The van der Waals surface area contributed by atoms with Crippen molar-refractivity contribution in [1.82, 2.24) is 4.31 Å². The van der Waals surface area contributed by atoms with E-state index in [0.717, 1.165) is 10.4 Å². The molecule has 4 nitrogen and oxygen atoms in total. The van der Waals surface area contributed by atoms with Crippen LogP contribution in [0.25, 0.3) is 0 Å². The minimum absolute atomic E-state index is 0. The molecule has 2 N–H and O–H groups in total. The normalized spacial score (nSPS) is 13.9. The summed E-state index contributed by atoms with van der Waals surface area (Å²) in [5.41, 5.74) is 5.19. The van der Waals surface area contributed by atoms with E-state index >= 15 is 0 Å². The SMILES string of the molecule is Cc1ccc(C(F)(F)F)cc1S(=O)(=O)N(C)CCC(N)C(C)C.Cl. The van der Waals surface area contributed by atoms with E-state index in [-0.39, 0.29) is 41.4 Å². The molecule has 1 aromatic carbocycles. The van der Waals surface area contributed by atoms with Crippen LogP contribution in [0.1, 0.15) is 31.4 Å². The molecule has 0 aliphatic heterocycles. The molecular formula is C15H24ClF3N2O2S. The zero-order valence-corrected chi connectivity index (χ0v) is 15.7. The Hall–Kier alpha value is -0.830. The number of nitrogens with two attached hydrogens (primary N) is 1. The second-order valence-corrected chi connectivity index (χ2v) is 8.01. The monoisotopic (exact) mass is 388 g/mol. The predicted octanol–water partition coefficient (Wildman–Crippen LogP) is 3.43. The third-order valence-corrected chi connectivity index (χ3v) is 5.84. The lowest BCUT2D eigenvalue weighted by Crippen LogP contribution is -2.35. The summed E-state index contributed by atoms with van der Waals surface area (Å²) in [6.07, 6.45) is -4.15. The van der Waals surface area contributed by atoms with Crippen molar-refractivity contribution in [2.75, 3.05) is 13.6 Å². The zero-order valence-electron chi connectivity index (χ0n) is 14.1. The van der Waals surface area contributed by atoms with Crippen LogP contribution in [-0.4, -0.2) is 32.4 Å². The Labute approximate surface area is 147 Å². The van der Waals surface area contributed by atoms with Gasteiger partial charge in [-0.15, -0.1) is 12.4 Å². The molecule has 9 heteroatoms. The maximum absolute atomic E-state index is 12.8. The van der Waals surface area contributed by atoms with Crippen LogP contribution in [0.2, 0.25) is 0 Å². The minimum atomic E-state index is -4.59. The molecule has 0 aliphatic rings. The summed E-state index contributed by atoms with van der Waals surface area (Å²) in [6, 6.07) is 2.56. The fourth-order valence-electron chi connectivity index (χ4n) is 2.01. The summed E-state index contributed by atoms with van der Waals surface area (Å²) in [6.45, 7) is 5.48. The average Bonchev–Trinajstić information content (AvgIpc) is 2.42. The molecule has 1 unspecified atom stereocenters. The van der Waals surface area contributed by atoms with Crippen LogP contribution >= 0.6 is 12.4 Å². The number of hydrogen-bond donors (Lipinski definition) is 1. The van der Waals surface area contributed by atoms with E-state index in [1.807, 2.05) is 13.8 Å². The number of benzene rings is 1. The zero-order chi connectivity index (χ0) is 18.0. The Morgan fingerprint density at radius 2 is 1.79 bits per heavy atom. The minimum Gasteiger partial charge on any atom is -0.327 e. The number of rotatable bonds is 6. The number of nitrogens with zero attached hydrogens (tertiary/aromatic N) is 1. The highest BCUT2D eigenvalue weighted by Crippen LogP contribution is 2.32. The summed E-state index contributed by atoms with van der Waals surface area (Å²) < 4.78 is 64.5. The van der Waals surface area contributed by atoms with Gasteiger partial charge >= 0.3 is 6.18 Å². The molecule has 0 saturated carbocycles. The first-order valence-electron chi connectivity index (χ1n) is 7.27. The average molecular weight is 389 g/mol. The molecular weight excluding hydrogens is 365 g/mol. The van der Waals surface area contributed by atoms with Crippen molar-refractivity contribution in [3.8, 4) is 0 Å². The highest BCUT2D eigenvalue weighted by molar-refractivity contribution is 7.89. The van der Waals surface area contributed by atoms with Crippen molar-refractivity contribution < 1.29 is 21.6 Å². The summed E-state index contributed by atoms with van der Waals surface area (Å²) in [4.78, 5) is -0.326. The molecule has 0 fully saturated rings. The van der Waals surface area contributed by atoms with Crippen molar-refractivity contribution in [2.45, 2.75) is 44.3 Å². The second kappa shape index (κ2) is 8.51.